The van der Waals surface area contributed by atoms with E-state index >= 15 is 0 Å². The van der Waals surface area contributed by atoms with Crippen molar-refractivity contribution in [3.8, 4) is 6.07 Å². The maximum absolute atomic E-state index is 13.2. The van der Waals surface area contributed by atoms with Crippen LogP contribution >= 0.6 is 0 Å². The molecule has 90 valence electrons. The van der Waals surface area contributed by atoms with Gasteiger partial charge in [-0.05, 0) is 42.6 Å². The summed E-state index contributed by atoms with van der Waals surface area (Å²) in [7, 11) is 0. The molecule has 1 unspecified atom stereocenters. The number of aliphatic hydroxyl groups is 1. The fourth-order valence-electron chi connectivity index (χ4n) is 2.27. The van der Waals surface area contributed by atoms with Crippen LogP contribution in [0.5, 0.6) is 0 Å². The third-order valence-corrected chi connectivity index (χ3v) is 3.12. The lowest BCUT2D eigenvalue weighted by Gasteiger charge is -2.15. The zero-order valence-electron chi connectivity index (χ0n) is 9.56. The lowest BCUT2D eigenvalue weighted by Crippen LogP contribution is -2.21. The average Bonchev–Trinajstić information content (AvgIpc) is 2.76. The van der Waals surface area contributed by atoms with Crippen LogP contribution in [0.2, 0.25) is 0 Å². The van der Waals surface area contributed by atoms with Gasteiger partial charge in [-0.25, -0.2) is 4.39 Å². The molecule has 0 amide bonds. The zero-order chi connectivity index (χ0) is 12.3. The van der Waals surface area contributed by atoms with Crippen LogP contribution in [0.25, 0.3) is 0 Å². The first-order chi connectivity index (χ1) is 8.21. The second-order valence-corrected chi connectivity index (χ2v) is 4.53. The van der Waals surface area contributed by atoms with E-state index in [9.17, 15) is 4.39 Å². The number of likely N-dealkylation sites (tertiary alicyclic amines) is 1. The molecule has 0 saturated carbocycles. The van der Waals surface area contributed by atoms with E-state index in [0.717, 1.165) is 25.1 Å². The third-order valence-electron chi connectivity index (χ3n) is 3.12. The maximum atomic E-state index is 13.2. The first-order valence-electron chi connectivity index (χ1n) is 5.74. The van der Waals surface area contributed by atoms with Gasteiger partial charge in [-0.1, -0.05) is 0 Å². The summed E-state index contributed by atoms with van der Waals surface area (Å²) < 4.78 is 13.2. The Morgan fingerprint density at radius 1 is 1.47 bits per heavy atom. The molecular weight excluding hydrogens is 219 g/mol. The average molecular weight is 234 g/mol. The molecule has 0 radical (unpaired) electrons. The molecule has 1 saturated heterocycles. The minimum absolute atomic E-state index is 0.211. The molecule has 2 rings (SSSR count). The molecule has 1 aliphatic rings. The third kappa shape index (κ3) is 3.02. The standard InChI is InChI=1S/C13H15FN2O/c14-13-4-11(6-15)3-12(5-13)8-16-2-1-10(7-16)9-17/h3-5,10,17H,1-2,7-9H2. The number of benzene rings is 1. The molecule has 1 aromatic carbocycles. The van der Waals surface area contributed by atoms with Crippen molar-refractivity contribution in [1.82, 2.24) is 4.90 Å². The molecule has 4 heteroatoms. The van der Waals surface area contributed by atoms with Crippen LogP contribution in [0, 0.1) is 23.1 Å². The van der Waals surface area contributed by atoms with Crippen molar-refractivity contribution in [2.45, 2.75) is 13.0 Å². The summed E-state index contributed by atoms with van der Waals surface area (Å²) in [5.41, 5.74) is 1.18. The first kappa shape index (κ1) is 12.0. The van der Waals surface area contributed by atoms with Crippen LogP contribution in [-0.2, 0) is 6.54 Å². The number of nitriles is 1. The van der Waals surface area contributed by atoms with Crippen molar-refractivity contribution in [2.75, 3.05) is 19.7 Å². The molecule has 1 heterocycles. The summed E-state index contributed by atoms with van der Waals surface area (Å²) in [6.07, 6.45) is 0.983. The molecule has 3 nitrogen and oxygen atoms in total. The molecule has 1 aliphatic heterocycles. The van der Waals surface area contributed by atoms with Crippen molar-refractivity contribution in [1.29, 1.82) is 5.26 Å². The zero-order valence-corrected chi connectivity index (χ0v) is 9.56. The molecule has 17 heavy (non-hydrogen) atoms. The van der Waals surface area contributed by atoms with Gasteiger partial charge in [-0.3, -0.25) is 4.90 Å². The van der Waals surface area contributed by atoms with Crippen molar-refractivity contribution in [3.63, 3.8) is 0 Å². The van der Waals surface area contributed by atoms with Gasteiger partial charge in [0, 0.05) is 19.7 Å². The predicted octanol–water partition coefficient (Wildman–Crippen LogP) is 1.51. The van der Waals surface area contributed by atoms with Gasteiger partial charge < -0.3 is 5.11 Å². The Bertz CT molecular complexity index is 442. The van der Waals surface area contributed by atoms with Gasteiger partial charge in [0.2, 0.25) is 0 Å². The van der Waals surface area contributed by atoms with Crippen LogP contribution in [0.1, 0.15) is 17.5 Å². The summed E-state index contributed by atoms with van der Waals surface area (Å²) in [6, 6.07) is 6.38. The van der Waals surface area contributed by atoms with Gasteiger partial charge in [0.15, 0.2) is 0 Å². The van der Waals surface area contributed by atoms with E-state index in [4.69, 9.17) is 10.4 Å². The Hall–Kier alpha value is -1.44. The molecule has 0 spiro atoms. The fourth-order valence-corrected chi connectivity index (χ4v) is 2.27. The molecule has 1 N–H and O–H groups in total. The van der Waals surface area contributed by atoms with E-state index in [1.54, 1.807) is 6.07 Å². The minimum atomic E-state index is -0.364. The highest BCUT2D eigenvalue weighted by atomic mass is 19.1. The van der Waals surface area contributed by atoms with Crippen molar-refractivity contribution in [2.24, 2.45) is 5.92 Å². The highest BCUT2D eigenvalue weighted by Crippen LogP contribution is 2.19. The van der Waals surface area contributed by atoms with E-state index in [2.05, 4.69) is 4.90 Å². The lowest BCUT2D eigenvalue weighted by atomic mass is 10.1. The van der Waals surface area contributed by atoms with Crippen LogP contribution in [0.4, 0.5) is 4.39 Å². The van der Waals surface area contributed by atoms with Gasteiger partial charge in [-0.2, -0.15) is 5.26 Å². The van der Waals surface area contributed by atoms with Gasteiger partial charge in [0.25, 0.3) is 0 Å². The Morgan fingerprint density at radius 2 is 2.29 bits per heavy atom. The molecule has 0 bridgehead atoms. The molecule has 1 atom stereocenters. The first-order valence-corrected chi connectivity index (χ1v) is 5.74. The minimum Gasteiger partial charge on any atom is -0.396 e. The Kier molecular flexibility index (Phi) is 3.72. The smallest absolute Gasteiger partial charge is 0.124 e. The second-order valence-electron chi connectivity index (χ2n) is 4.53. The van der Waals surface area contributed by atoms with E-state index in [0.29, 0.717) is 18.0 Å². The number of hydrogen-bond donors (Lipinski definition) is 1. The molecular formula is C13H15FN2O. The van der Waals surface area contributed by atoms with Crippen molar-refractivity contribution in [3.05, 3.63) is 35.1 Å². The molecule has 0 aliphatic carbocycles. The SMILES string of the molecule is N#Cc1cc(F)cc(CN2CCC(CO)C2)c1. The Morgan fingerprint density at radius 3 is 2.94 bits per heavy atom. The van der Waals surface area contributed by atoms with E-state index in [-0.39, 0.29) is 12.4 Å². The van der Waals surface area contributed by atoms with E-state index in [1.165, 1.54) is 12.1 Å². The number of rotatable bonds is 3. The van der Waals surface area contributed by atoms with Gasteiger partial charge in [-0.15, -0.1) is 0 Å². The monoisotopic (exact) mass is 234 g/mol. The quantitative estimate of drug-likeness (QED) is 0.862. The molecule has 1 aromatic rings. The fraction of sp³-hybridized carbons (Fsp3) is 0.462. The van der Waals surface area contributed by atoms with E-state index < -0.39 is 0 Å². The van der Waals surface area contributed by atoms with Crippen LogP contribution in [0.3, 0.4) is 0 Å². The number of halogens is 1. The second kappa shape index (κ2) is 5.26. The number of aliphatic hydroxyl groups excluding tert-OH is 1. The summed E-state index contributed by atoms with van der Waals surface area (Å²) in [4.78, 5) is 2.18. The van der Waals surface area contributed by atoms with Gasteiger partial charge in [0.1, 0.15) is 5.82 Å². The lowest BCUT2D eigenvalue weighted by molar-refractivity contribution is 0.220. The summed E-state index contributed by atoms with van der Waals surface area (Å²) in [6.45, 7) is 2.62. The normalized spacial score (nSPS) is 20.4. The molecule has 0 aromatic heterocycles. The van der Waals surface area contributed by atoms with Gasteiger partial charge in [0.05, 0.1) is 11.6 Å². The topological polar surface area (TPSA) is 47.3 Å². The van der Waals surface area contributed by atoms with Gasteiger partial charge >= 0.3 is 0 Å². The van der Waals surface area contributed by atoms with Crippen molar-refractivity contribution < 1.29 is 9.50 Å². The Balaban J connectivity index is 2.04. The van der Waals surface area contributed by atoms with E-state index in [1.807, 2.05) is 6.07 Å². The largest absolute Gasteiger partial charge is 0.396 e. The van der Waals surface area contributed by atoms with Crippen LogP contribution in [0.15, 0.2) is 18.2 Å². The maximum Gasteiger partial charge on any atom is 0.124 e. The number of nitrogens with zero attached hydrogens (tertiary/aromatic N) is 2. The summed E-state index contributed by atoms with van der Waals surface area (Å²) in [5, 5.41) is 17.8. The highest BCUT2D eigenvalue weighted by molar-refractivity contribution is 5.33. The van der Waals surface area contributed by atoms with Crippen molar-refractivity contribution >= 4 is 0 Å². The Labute approximate surface area is 100 Å². The van der Waals surface area contributed by atoms with Crippen LogP contribution < -0.4 is 0 Å². The summed E-state index contributed by atoms with van der Waals surface area (Å²) >= 11 is 0. The highest BCUT2D eigenvalue weighted by Gasteiger charge is 2.21. The number of hydrogen-bond acceptors (Lipinski definition) is 3. The summed E-state index contributed by atoms with van der Waals surface area (Å²) in [5.74, 6) is -0.0315. The predicted molar refractivity (Wildman–Crippen MR) is 61.6 cm³/mol. The molecule has 1 fully saturated rings. The van der Waals surface area contributed by atoms with Crippen LogP contribution in [-0.4, -0.2) is 29.7 Å².